The van der Waals surface area contributed by atoms with Crippen LogP contribution in [0.1, 0.15) is 15.9 Å². The quantitative estimate of drug-likeness (QED) is 0.417. The van der Waals surface area contributed by atoms with Crippen molar-refractivity contribution in [3.8, 4) is 5.75 Å². The molecule has 3 aromatic carbocycles. The van der Waals surface area contributed by atoms with Gasteiger partial charge >= 0.3 is 5.97 Å². The normalized spacial score (nSPS) is 10.4. The lowest BCUT2D eigenvalue weighted by Crippen LogP contribution is -2.12. The van der Waals surface area contributed by atoms with E-state index in [0.29, 0.717) is 17.6 Å². The molecule has 0 radical (unpaired) electrons. The average molecular weight is 290 g/mol. The number of hydrogen-bond donors (Lipinski definition) is 0. The van der Waals surface area contributed by atoms with Gasteiger partial charge < -0.3 is 4.74 Å². The van der Waals surface area contributed by atoms with Gasteiger partial charge in [0.15, 0.2) is 6.29 Å². The van der Waals surface area contributed by atoms with Crippen molar-refractivity contribution in [1.82, 2.24) is 0 Å². The van der Waals surface area contributed by atoms with Crippen molar-refractivity contribution in [2.75, 3.05) is 0 Å². The van der Waals surface area contributed by atoms with E-state index in [2.05, 4.69) is 0 Å². The van der Waals surface area contributed by atoms with E-state index in [-0.39, 0.29) is 12.4 Å². The summed E-state index contributed by atoms with van der Waals surface area (Å²) in [5, 5.41) is 2.21. The van der Waals surface area contributed by atoms with E-state index in [1.54, 1.807) is 24.3 Å². The zero-order valence-electron chi connectivity index (χ0n) is 11.9. The largest absolute Gasteiger partial charge is 0.426 e. The summed E-state index contributed by atoms with van der Waals surface area (Å²) < 4.78 is 5.28. The number of ether oxygens (including phenoxy) is 1. The second-order valence-electron chi connectivity index (χ2n) is 4.99. The molecule has 0 heterocycles. The Morgan fingerprint density at radius 2 is 1.64 bits per heavy atom. The Morgan fingerprint density at radius 1 is 0.909 bits per heavy atom. The first-order chi connectivity index (χ1) is 10.8. The molecule has 0 aliphatic carbocycles. The standard InChI is InChI=1S/C19H14O3/c20-13-17-7-3-4-8-18(17)22-19(21)12-14-9-10-15-5-1-2-6-16(15)11-14/h1-11,13H,12H2. The highest BCUT2D eigenvalue weighted by Gasteiger charge is 2.10. The molecule has 0 saturated heterocycles. The van der Waals surface area contributed by atoms with Gasteiger partial charge in [-0.3, -0.25) is 9.59 Å². The first-order valence-corrected chi connectivity index (χ1v) is 6.99. The smallest absolute Gasteiger partial charge is 0.315 e. The summed E-state index contributed by atoms with van der Waals surface area (Å²) in [6, 6.07) is 20.5. The maximum absolute atomic E-state index is 12.0. The second-order valence-corrected chi connectivity index (χ2v) is 4.99. The number of esters is 1. The van der Waals surface area contributed by atoms with Crippen LogP contribution in [-0.2, 0) is 11.2 Å². The maximum Gasteiger partial charge on any atom is 0.315 e. The molecule has 3 rings (SSSR count). The highest BCUT2D eigenvalue weighted by atomic mass is 16.5. The molecular formula is C19H14O3. The Hall–Kier alpha value is -2.94. The minimum atomic E-state index is -0.385. The summed E-state index contributed by atoms with van der Waals surface area (Å²) in [4.78, 5) is 23.0. The van der Waals surface area contributed by atoms with Gasteiger partial charge in [0.2, 0.25) is 0 Å². The van der Waals surface area contributed by atoms with E-state index >= 15 is 0 Å². The maximum atomic E-state index is 12.0. The molecule has 3 nitrogen and oxygen atoms in total. The van der Waals surface area contributed by atoms with Gasteiger partial charge in [0.1, 0.15) is 5.75 Å². The fraction of sp³-hybridized carbons (Fsp3) is 0.0526. The molecule has 0 atom stereocenters. The molecule has 0 unspecified atom stereocenters. The summed E-state index contributed by atoms with van der Waals surface area (Å²) in [5.41, 5.74) is 1.25. The molecule has 0 aliphatic heterocycles. The van der Waals surface area contributed by atoms with Crippen molar-refractivity contribution >= 4 is 23.0 Å². The van der Waals surface area contributed by atoms with Crippen molar-refractivity contribution in [1.29, 1.82) is 0 Å². The third kappa shape index (κ3) is 3.04. The second kappa shape index (κ2) is 6.22. The van der Waals surface area contributed by atoms with E-state index < -0.39 is 0 Å². The van der Waals surface area contributed by atoms with Crippen LogP contribution in [-0.4, -0.2) is 12.3 Å². The number of hydrogen-bond acceptors (Lipinski definition) is 3. The number of fused-ring (bicyclic) bond motifs is 1. The summed E-state index contributed by atoms with van der Waals surface area (Å²) in [7, 11) is 0. The molecule has 0 fully saturated rings. The Morgan fingerprint density at radius 3 is 2.45 bits per heavy atom. The first-order valence-electron chi connectivity index (χ1n) is 6.99. The molecule has 0 amide bonds. The topological polar surface area (TPSA) is 43.4 Å². The van der Waals surface area contributed by atoms with Crippen LogP contribution in [0.5, 0.6) is 5.75 Å². The predicted octanol–water partition coefficient (Wildman–Crippen LogP) is 3.80. The van der Waals surface area contributed by atoms with Crippen LogP contribution in [0.2, 0.25) is 0 Å². The molecule has 0 N–H and O–H groups in total. The number of carbonyl (C=O) groups excluding carboxylic acids is 2. The number of benzene rings is 3. The molecule has 0 bridgehead atoms. The van der Waals surface area contributed by atoms with Gasteiger partial charge in [-0.05, 0) is 28.5 Å². The van der Waals surface area contributed by atoms with Gasteiger partial charge in [-0.1, -0.05) is 54.6 Å². The summed E-state index contributed by atoms with van der Waals surface area (Å²) in [5.74, 6) is -0.0899. The molecule has 0 saturated carbocycles. The van der Waals surface area contributed by atoms with Gasteiger partial charge in [0.05, 0.1) is 12.0 Å². The molecule has 3 heteroatoms. The van der Waals surface area contributed by atoms with E-state index in [0.717, 1.165) is 16.3 Å². The zero-order valence-corrected chi connectivity index (χ0v) is 11.9. The van der Waals surface area contributed by atoms with Crippen LogP contribution in [0.15, 0.2) is 66.7 Å². The Balaban J connectivity index is 1.76. The molecule has 108 valence electrons. The predicted molar refractivity (Wildman–Crippen MR) is 85.1 cm³/mol. The number of aldehydes is 1. The SMILES string of the molecule is O=Cc1ccccc1OC(=O)Cc1ccc2ccccc2c1. The van der Waals surface area contributed by atoms with Crippen LogP contribution in [0.25, 0.3) is 10.8 Å². The van der Waals surface area contributed by atoms with Gasteiger partial charge in [-0.25, -0.2) is 0 Å². The minimum absolute atomic E-state index is 0.165. The monoisotopic (exact) mass is 290 g/mol. The lowest BCUT2D eigenvalue weighted by Gasteiger charge is -2.07. The van der Waals surface area contributed by atoms with Crippen molar-refractivity contribution in [2.24, 2.45) is 0 Å². The van der Waals surface area contributed by atoms with E-state index in [1.807, 2.05) is 42.5 Å². The Bertz CT molecular complexity index is 837. The lowest BCUT2D eigenvalue weighted by atomic mass is 10.1. The Labute approximate surface area is 128 Å². The number of carbonyl (C=O) groups is 2. The fourth-order valence-electron chi connectivity index (χ4n) is 2.34. The van der Waals surface area contributed by atoms with Gasteiger partial charge in [0, 0.05) is 0 Å². The van der Waals surface area contributed by atoms with Crippen LogP contribution in [0.4, 0.5) is 0 Å². The van der Waals surface area contributed by atoms with E-state index in [9.17, 15) is 9.59 Å². The minimum Gasteiger partial charge on any atom is -0.426 e. The van der Waals surface area contributed by atoms with E-state index in [1.165, 1.54) is 0 Å². The third-order valence-corrected chi connectivity index (χ3v) is 3.43. The molecule has 3 aromatic rings. The van der Waals surface area contributed by atoms with Crippen molar-refractivity contribution in [3.63, 3.8) is 0 Å². The molecule has 0 aliphatic rings. The molecular weight excluding hydrogens is 276 g/mol. The van der Waals surface area contributed by atoms with Crippen LogP contribution >= 0.6 is 0 Å². The molecule has 0 aromatic heterocycles. The van der Waals surface area contributed by atoms with Crippen LogP contribution in [0.3, 0.4) is 0 Å². The van der Waals surface area contributed by atoms with E-state index in [4.69, 9.17) is 4.74 Å². The van der Waals surface area contributed by atoms with Gasteiger partial charge in [-0.2, -0.15) is 0 Å². The average Bonchev–Trinajstić information content (AvgIpc) is 2.55. The fourth-order valence-corrected chi connectivity index (χ4v) is 2.34. The zero-order chi connectivity index (χ0) is 15.4. The summed E-state index contributed by atoms with van der Waals surface area (Å²) in [6.45, 7) is 0. The number of para-hydroxylation sites is 1. The summed E-state index contributed by atoms with van der Waals surface area (Å²) >= 11 is 0. The van der Waals surface area contributed by atoms with Crippen molar-refractivity contribution in [2.45, 2.75) is 6.42 Å². The molecule has 0 spiro atoms. The van der Waals surface area contributed by atoms with Crippen LogP contribution < -0.4 is 4.74 Å². The summed E-state index contributed by atoms with van der Waals surface area (Å²) in [6.07, 6.45) is 0.844. The molecule has 22 heavy (non-hydrogen) atoms. The highest BCUT2D eigenvalue weighted by molar-refractivity contribution is 5.86. The van der Waals surface area contributed by atoms with Gasteiger partial charge in [0.25, 0.3) is 0 Å². The lowest BCUT2D eigenvalue weighted by molar-refractivity contribution is -0.133. The highest BCUT2D eigenvalue weighted by Crippen LogP contribution is 2.18. The van der Waals surface area contributed by atoms with Crippen LogP contribution in [0, 0.1) is 0 Å². The first kappa shape index (κ1) is 14.0. The van der Waals surface area contributed by atoms with Crippen molar-refractivity contribution < 1.29 is 14.3 Å². The van der Waals surface area contributed by atoms with Gasteiger partial charge in [-0.15, -0.1) is 0 Å². The Kier molecular flexibility index (Phi) is 3.97. The van der Waals surface area contributed by atoms with Crippen molar-refractivity contribution in [3.05, 3.63) is 77.9 Å². The number of rotatable bonds is 4. The third-order valence-electron chi connectivity index (χ3n) is 3.43.